The molecule has 1 rings (SSSR count). The van der Waals surface area contributed by atoms with Gasteiger partial charge in [0.15, 0.2) is 0 Å². The second-order valence-electron chi connectivity index (χ2n) is 3.99. The molecule has 0 unspecified atom stereocenters. The summed E-state index contributed by atoms with van der Waals surface area (Å²) in [5, 5.41) is 5.27. The van der Waals surface area contributed by atoms with Crippen LogP contribution in [0.1, 0.15) is 19.4 Å². The molecule has 1 aromatic rings. The summed E-state index contributed by atoms with van der Waals surface area (Å²) in [4.78, 5) is 22.4. The van der Waals surface area contributed by atoms with Crippen LogP contribution in [0.3, 0.4) is 0 Å². The molecule has 0 radical (unpaired) electrons. The Morgan fingerprint density at radius 1 is 1.28 bits per heavy atom. The second-order valence-corrected chi connectivity index (χ2v) is 3.99. The first kappa shape index (κ1) is 14.0. The lowest BCUT2D eigenvalue weighted by atomic mass is 10.2. The molecule has 5 nitrogen and oxygen atoms in total. The van der Waals surface area contributed by atoms with E-state index in [0.29, 0.717) is 6.54 Å². The molecule has 0 spiro atoms. The number of ether oxygens (including phenoxy) is 1. The Balaban J connectivity index is 2.44. The minimum absolute atomic E-state index is 0.207. The zero-order valence-electron chi connectivity index (χ0n) is 10.8. The van der Waals surface area contributed by atoms with E-state index in [2.05, 4.69) is 10.6 Å². The number of carbonyl (C=O) groups excluding carboxylic acids is 2. The van der Waals surface area contributed by atoms with Crippen molar-refractivity contribution in [2.45, 2.75) is 26.4 Å². The summed E-state index contributed by atoms with van der Waals surface area (Å²) in [5.74, 6) is 0.347. The first-order valence-corrected chi connectivity index (χ1v) is 5.70. The predicted molar refractivity (Wildman–Crippen MR) is 68.1 cm³/mol. The third-order valence-corrected chi connectivity index (χ3v) is 2.44. The van der Waals surface area contributed by atoms with Crippen LogP contribution in [0.4, 0.5) is 0 Å². The van der Waals surface area contributed by atoms with Gasteiger partial charge in [-0.15, -0.1) is 0 Å². The fraction of sp³-hybridized carbons (Fsp3) is 0.385. The van der Waals surface area contributed by atoms with Crippen LogP contribution in [0, 0.1) is 0 Å². The molecule has 0 saturated carbocycles. The van der Waals surface area contributed by atoms with Crippen LogP contribution >= 0.6 is 0 Å². The van der Waals surface area contributed by atoms with E-state index in [9.17, 15) is 9.59 Å². The van der Waals surface area contributed by atoms with Crippen LogP contribution in [0.5, 0.6) is 5.75 Å². The fourth-order valence-corrected chi connectivity index (χ4v) is 1.46. The highest BCUT2D eigenvalue weighted by molar-refractivity contribution is 5.86. The average molecular weight is 250 g/mol. The summed E-state index contributed by atoms with van der Waals surface area (Å²) >= 11 is 0. The standard InChI is InChI=1S/C13H18N2O3/c1-9(15-10(2)16)13(17)14-8-11-4-6-12(18-3)7-5-11/h4-7,9H,8H2,1-3H3,(H,14,17)(H,15,16)/t9-/m0/s1. The first-order chi connectivity index (χ1) is 8.52. The molecule has 0 aromatic heterocycles. The minimum atomic E-state index is -0.527. The summed E-state index contributed by atoms with van der Waals surface area (Å²) in [6, 6.07) is 6.89. The topological polar surface area (TPSA) is 67.4 Å². The Bertz CT molecular complexity index is 415. The highest BCUT2D eigenvalue weighted by atomic mass is 16.5. The van der Waals surface area contributed by atoms with Gasteiger partial charge < -0.3 is 15.4 Å². The van der Waals surface area contributed by atoms with E-state index >= 15 is 0 Å². The zero-order chi connectivity index (χ0) is 13.5. The van der Waals surface area contributed by atoms with Crippen LogP contribution < -0.4 is 15.4 Å². The smallest absolute Gasteiger partial charge is 0.242 e. The van der Waals surface area contributed by atoms with Gasteiger partial charge in [0.25, 0.3) is 0 Å². The normalized spacial score (nSPS) is 11.5. The molecule has 2 amide bonds. The molecule has 0 saturated heterocycles. The fourth-order valence-electron chi connectivity index (χ4n) is 1.46. The first-order valence-electron chi connectivity index (χ1n) is 5.70. The van der Waals surface area contributed by atoms with E-state index < -0.39 is 6.04 Å². The highest BCUT2D eigenvalue weighted by Crippen LogP contribution is 2.10. The van der Waals surface area contributed by atoms with Crippen LogP contribution in [-0.2, 0) is 16.1 Å². The van der Waals surface area contributed by atoms with E-state index in [0.717, 1.165) is 11.3 Å². The number of methoxy groups -OCH3 is 1. The Kier molecular flexibility index (Phi) is 5.17. The quantitative estimate of drug-likeness (QED) is 0.813. The van der Waals surface area contributed by atoms with Crippen molar-refractivity contribution in [2.75, 3.05) is 7.11 Å². The molecular weight excluding hydrogens is 232 g/mol. The molecular formula is C13H18N2O3. The second kappa shape index (κ2) is 6.64. The average Bonchev–Trinajstić information content (AvgIpc) is 2.35. The van der Waals surface area contributed by atoms with Crippen molar-refractivity contribution in [2.24, 2.45) is 0 Å². The molecule has 1 atom stereocenters. The van der Waals surface area contributed by atoms with Crippen LogP contribution in [-0.4, -0.2) is 25.0 Å². The number of carbonyl (C=O) groups is 2. The summed E-state index contributed by atoms with van der Waals surface area (Å²) in [6.45, 7) is 3.45. The summed E-state index contributed by atoms with van der Waals surface area (Å²) in [6.07, 6.45) is 0. The molecule has 1 aromatic carbocycles. The summed E-state index contributed by atoms with van der Waals surface area (Å²) in [7, 11) is 1.60. The van der Waals surface area contributed by atoms with Crippen molar-refractivity contribution < 1.29 is 14.3 Å². The van der Waals surface area contributed by atoms with E-state index in [1.165, 1.54) is 6.92 Å². The Morgan fingerprint density at radius 2 is 1.89 bits per heavy atom. The van der Waals surface area contributed by atoms with Crippen molar-refractivity contribution in [3.05, 3.63) is 29.8 Å². The van der Waals surface area contributed by atoms with Gasteiger partial charge in [0, 0.05) is 13.5 Å². The van der Waals surface area contributed by atoms with Crippen LogP contribution in [0.15, 0.2) is 24.3 Å². The van der Waals surface area contributed by atoms with Gasteiger partial charge in [-0.25, -0.2) is 0 Å². The maximum Gasteiger partial charge on any atom is 0.242 e. The van der Waals surface area contributed by atoms with Gasteiger partial charge in [-0.2, -0.15) is 0 Å². The Labute approximate surface area is 107 Å². The van der Waals surface area contributed by atoms with E-state index in [1.54, 1.807) is 14.0 Å². The largest absolute Gasteiger partial charge is 0.497 e. The van der Waals surface area contributed by atoms with Gasteiger partial charge in [-0.1, -0.05) is 12.1 Å². The lowest BCUT2D eigenvalue weighted by Crippen LogP contribution is -2.43. The summed E-state index contributed by atoms with van der Waals surface area (Å²) in [5.41, 5.74) is 0.971. The lowest BCUT2D eigenvalue weighted by Gasteiger charge is -2.12. The van der Waals surface area contributed by atoms with Crippen molar-refractivity contribution in [1.82, 2.24) is 10.6 Å². The predicted octanol–water partition coefficient (Wildman–Crippen LogP) is 0.836. The molecule has 0 aliphatic rings. The van der Waals surface area contributed by atoms with E-state index in [1.807, 2.05) is 24.3 Å². The zero-order valence-corrected chi connectivity index (χ0v) is 10.8. The number of amides is 2. The lowest BCUT2D eigenvalue weighted by molar-refractivity contribution is -0.127. The number of benzene rings is 1. The third kappa shape index (κ3) is 4.45. The van der Waals surface area contributed by atoms with Gasteiger partial charge in [-0.05, 0) is 24.6 Å². The molecule has 0 heterocycles. The number of hydrogen-bond donors (Lipinski definition) is 2. The monoisotopic (exact) mass is 250 g/mol. The molecule has 98 valence electrons. The maximum absolute atomic E-state index is 11.6. The van der Waals surface area contributed by atoms with Gasteiger partial charge in [-0.3, -0.25) is 9.59 Å². The van der Waals surface area contributed by atoms with Crippen molar-refractivity contribution >= 4 is 11.8 Å². The minimum Gasteiger partial charge on any atom is -0.497 e. The van der Waals surface area contributed by atoms with E-state index in [-0.39, 0.29) is 11.8 Å². The van der Waals surface area contributed by atoms with Crippen LogP contribution in [0.2, 0.25) is 0 Å². The Morgan fingerprint density at radius 3 is 2.39 bits per heavy atom. The van der Waals surface area contributed by atoms with Gasteiger partial charge in [0.1, 0.15) is 11.8 Å². The molecule has 0 aliphatic carbocycles. The van der Waals surface area contributed by atoms with Crippen molar-refractivity contribution in [1.29, 1.82) is 0 Å². The number of nitrogens with one attached hydrogen (secondary N) is 2. The SMILES string of the molecule is COc1ccc(CNC(=O)[C@H](C)NC(C)=O)cc1. The van der Waals surface area contributed by atoms with Gasteiger partial charge in [0.2, 0.25) is 11.8 Å². The molecule has 5 heteroatoms. The summed E-state index contributed by atoms with van der Waals surface area (Å²) < 4.78 is 5.04. The molecule has 0 fully saturated rings. The molecule has 0 bridgehead atoms. The maximum atomic E-state index is 11.6. The van der Waals surface area contributed by atoms with Gasteiger partial charge >= 0.3 is 0 Å². The molecule has 18 heavy (non-hydrogen) atoms. The highest BCUT2D eigenvalue weighted by Gasteiger charge is 2.12. The molecule has 2 N–H and O–H groups in total. The van der Waals surface area contributed by atoms with Gasteiger partial charge in [0.05, 0.1) is 7.11 Å². The van der Waals surface area contributed by atoms with Crippen molar-refractivity contribution in [3.8, 4) is 5.75 Å². The van der Waals surface area contributed by atoms with Crippen molar-refractivity contribution in [3.63, 3.8) is 0 Å². The van der Waals surface area contributed by atoms with Crippen LogP contribution in [0.25, 0.3) is 0 Å². The Hall–Kier alpha value is -2.04. The number of rotatable bonds is 5. The third-order valence-electron chi connectivity index (χ3n) is 2.44. The van der Waals surface area contributed by atoms with E-state index in [4.69, 9.17) is 4.74 Å². The number of hydrogen-bond acceptors (Lipinski definition) is 3. The molecule has 0 aliphatic heterocycles.